The van der Waals surface area contributed by atoms with Crippen LogP contribution in [0.3, 0.4) is 0 Å². The minimum absolute atomic E-state index is 0.0357. The van der Waals surface area contributed by atoms with Gasteiger partial charge in [-0.2, -0.15) is 0 Å². The minimum Gasteiger partial charge on any atom is -0.355 e. The Balaban J connectivity index is 2.62. The summed E-state index contributed by atoms with van der Waals surface area (Å²) in [4.78, 5) is 25.9. The highest BCUT2D eigenvalue weighted by Gasteiger charge is 2.39. The molecule has 0 aliphatic heterocycles. The van der Waals surface area contributed by atoms with Crippen molar-refractivity contribution in [1.82, 2.24) is 10.2 Å². The first-order chi connectivity index (χ1) is 9.55. The SMILES string of the molecule is CCCNC(=O)CN(C)C(=O)C1(CN)CCCCCC1. The van der Waals surface area contributed by atoms with Crippen molar-refractivity contribution in [3.05, 3.63) is 0 Å². The molecular weight excluding hydrogens is 254 g/mol. The molecule has 0 saturated heterocycles. The maximum absolute atomic E-state index is 12.7. The van der Waals surface area contributed by atoms with E-state index in [9.17, 15) is 9.59 Å². The van der Waals surface area contributed by atoms with Crippen molar-refractivity contribution in [2.24, 2.45) is 11.1 Å². The number of nitrogens with two attached hydrogens (primary N) is 1. The number of amides is 2. The molecule has 1 rings (SSSR count). The summed E-state index contributed by atoms with van der Waals surface area (Å²) in [6, 6.07) is 0. The minimum atomic E-state index is -0.448. The molecule has 116 valence electrons. The van der Waals surface area contributed by atoms with Crippen molar-refractivity contribution in [1.29, 1.82) is 0 Å². The molecule has 1 saturated carbocycles. The predicted molar refractivity (Wildman–Crippen MR) is 80.1 cm³/mol. The van der Waals surface area contributed by atoms with E-state index in [0.717, 1.165) is 32.1 Å². The van der Waals surface area contributed by atoms with Crippen LogP contribution in [0.1, 0.15) is 51.9 Å². The van der Waals surface area contributed by atoms with Crippen LogP contribution in [0.25, 0.3) is 0 Å². The summed E-state index contributed by atoms with van der Waals surface area (Å²) in [6.07, 6.45) is 7.06. The Morgan fingerprint density at radius 1 is 1.20 bits per heavy atom. The van der Waals surface area contributed by atoms with Crippen molar-refractivity contribution >= 4 is 11.8 Å². The highest BCUT2D eigenvalue weighted by atomic mass is 16.2. The van der Waals surface area contributed by atoms with Gasteiger partial charge in [0.15, 0.2) is 0 Å². The summed E-state index contributed by atoms with van der Waals surface area (Å²) in [5.74, 6) is -0.0583. The van der Waals surface area contributed by atoms with Gasteiger partial charge in [-0.3, -0.25) is 9.59 Å². The number of carbonyl (C=O) groups is 2. The van der Waals surface area contributed by atoms with E-state index in [0.29, 0.717) is 13.1 Å². The summed E-state index contributed by atoms with van der Waals surface area (Å²) < 4.78 is 0. The third-order valence-corrected chi connectivity index (χ3v) is 4.20. The maximum atomic E-state index is 12.7. The molecule has 5 nitrogen and oxygen atoms in total. The van der Waals surface area contributed by atoms with Crippen molar-refractivity contribution in [2.75, 3.05) is 26.7 Å². The van der Waals surface area contributed by atoms with E-state index in [1.54, 1.807) is 11.9 Å². The molecule has 1 fully saturated rings. The molecule has 1 aliphatic carbocycles. The monoisotopic (exact) mass is 283 g/mol. The Morgan fingerprint density at radius 3 is 2.30 bits per heavy atom. The van der Waals surface area contributed by atoms with Gasteiger partial charge in [0.25, 0.3) is 0 Å². The Kier molecular flexibility index (Phi) is 6.99. The third-order valence-electron chi connectivity index (χ3n) is 4.20. The van der Waals surface area contributed by atoms with E-state index in [-0.39, 0.29) is 18.4 Å². The van der Waals surface area contributed by atoms with Gasteiger partial charge in [-0.25, -0.2) is 0 Å². The fourth-order valence-electron chi connectivity index (χ4n) is 2.92. The second-order valence-corrected chi connectivity index (χ2v) is 5.91. The van der Waals surface area contributed by atoms with Gasteiger partial charge in [-0.15, -0.1) is 0 Å². The van der Waals surface area contributed by atoms with Crippen LogP contribution in [0.2, 0.25) is 0 Å². The van der Waals surface area contributed by atoms with Gasteiger partial charge in [-0.1, -0.05) is 32.6 Å². The van der Waals surface area contributed by atoms with Gasteiger partial charge in [0.05, 0.1) is 12.0 Å². The molecule has 0 atom stereocenters. The largest absolute Gasteiger partial charge is 0.355 e. The van der Waals surface area contributed by atoms with Crippen molar-refractivity contribution in [3.63, 3.8) is 0 Å². The first-order valence-corrected chi connectivity index (χ1v) is 7.78. The molecule has 2 amide bonds. The van der Waals surface area contributed by atoms with E-state index in [1.165, 1.54) is 12.8 Å². The van der Waals surface area contributed by atoms with Gasteiger partial charge >= 0.3 is 0 Å². The Morgan fingerprint density at radius 2 is 1.80 bits per heavy atom. The van der Waals surface area contributed by atoms with E-state index < -0.39 is 5.41 Å². The molecule has 0 aromatic carbocycles. The molecule has 0 heterocycles. The summed E-state index contributed by atoms with van der Waals surface area (Å²) in [5, 5.41) is 2.80. The Labute approximate surface area is 122 Å². The van der Waals surface area contributed by atoms with Crippen molar-refractivity contribution < 1.29 is 9.59 Å². The summed E-state index contributed by atoms with van der Waals surface area (Å²) in [5.41, 5.74) is 5.46. The molecule has 0 aromatic rings. The number of likely N-dealkylation sites (N-methyl/N-ethyl adjacent to an activating group) is 1. The van der Waals surface area contributed by atoms with Crippen LogP contribution in [0.5, 0.6) is 0 Å². The number of hydrogen-bond acceptors (Lipinski definition) is 3. The standard InChI is InChI=1S/C15H29N3O2/c1-3-10-17-13(19)11-18(2)14(20)15(12-16)8-6-4-5-7-9-15/h3-12,16H2,1-2H3,(H,17,19). The lowest BCUT2D eigenvalue weighted by Crippen LogP contribution is -2.49. The lowest BCUT2D eigenvalue weighted by atomic mass is 9.79. The normalized spacial score (nSPS) is 18.1. The van der Waals surface area contributed by atoms with E-state index in [4.69, 9.17) is 5.73 Å². The van der Waals surface area contributed by atoms with Gasteiger partial charge < -0.3 is 16.0 Å². The van der Waals surface area contributed by atoms with Gasteiger partial charge in [0.1, 0.15) is 0 Å². The van der Waals surface area contributed by atoms with Gasteiger partial charge in [0.2, 0.25) is 11.8 Å². The number of nitrogens with zero attached hydrogens (tertiary/aromatic N) is 1. The van der Waals surface area contributed by atoms with Gasteiger partial charge in [0, 0.05) is 20.1 Å². The predicted octanol–water partition coefficient (Wildman–Crippen LogP) is 1.27. The highest BCUT2D eigenvalue weighted by Crippen LogP contribution is 2.35. The zero-order chi connectivity index (χ0) is 15.0. The summed E-state index contributed by atoms with van der Waals surface area (Å²) in [7, 11) is 1.70. The van der Waals surface area contributed by atoms with Crippen LogP contribution in [0.15, 0.2) is 0 Å². The summed E-state index contributed by atoms with van der Waals surface area (Å²) in [6.45, 7) is 3.17. The Bertz CT molecular complexity index is 323. The second-order valence-electron chi connectivity index (χ2n) is 5.91. The molecule has 20 heavy (non-hydrogen) atoms. The van der Waals surface area contributed by atoms with Gasteiger partial charge in [-0.05, 0) is 19.3 Å². The molecule has 5 heteroatoms. The molecule has 0 radical (unpaired) electrons. The molecule has 1 aliphatic rings. The first kappa shape index (κ1) is 17.0. The topological polar surface area (TPSA) is 75.4 Å². The lowest BCUT2D eigenvalue weighted by molar-refractivity contribution is -0.144. The number of rotatable bonds is 6. The van der Waals surface area contributed by atoms with Crippen molar-refractivity contribution in [2.45, 2.75) is 51.9 Å². The van der Waals surface area contributed by atoms with Crippen LogP contribution in [0.4, 0.5) is 0 Å². The number of hydrogen-bond donors (Lipinski definition) is 2. The van der Waals surface area contributed by atoms with Crippen LogP contribution >= 0.6 is 0 Å². The zero-order valence-electron chi connectivity index (χ0n) is 12.9. The molecule has 0 unspecified atom stereocenters. The highest BCUT2D eigenvalue weighted by molar-refractivity contribution is 5.88. The third kappa shape index (κ3) is 4.47. The maximum Gasteiger partial charge on any atom is 0.239 e. The average Bonchev–Trinajstić information content (AvgIpc) is 2.70. The molecular formula is C15H29N3O2. The smallest absolute Gasteiger partial charge is 0.239 e. The van der Waals surface area contributed by atoms with E-state index >= 15 is 0 Å². The van der Waals surface area contributed by atoms with Crippen LogP contribution in [0, 0.1) is 5.41 Å². The summed E-state index contributed by atoms with van der Waals surface area (Å²) >= 11 is 0. The van der Waals surface area contributed by atoms with Crippen LogP contribution < -0.4 is 11.1 Å². The Hall–Kier alpha value is -1.10. The van der Waals surface area contributed by atoms with Crippen molar-refractivity contribution in [3.8, 4) is 0 Å². The second kappa shape index (κ2) is 8.25. The molecule has 0 spiro atoms. The molecule has 3 N–H and O–H groups in total. The van der Waals surface area contributed by atoms with Crippen LogP contribution in [-0.2, 0) is 9.59 Å². The van der Waals surface area contributed by atoms with E-state index in [1.807, 2.05) is 6.92 Å². The average molecular weight is 283 g/mol. The molecule has 0 aromatic heterocycles. The number of carbonyl (C=O) groups excluding carboxylic acids is 2. The number of nitrogens with one attached hydrogen (secondary N) is 1. The quantitative estimate of drug-likeness (QED) is 0.721. The fraction of sp³-hybridized carbons (Fsp3) is 0.867. The van der Waals surface area contributed by atoms with Crippen LogP contribution in [-0.4, -0.2) is 43.4 Å². The van der Waals surface area contributed by atoms with E-state index in [2.05, 4.69) is 5.32 Å². The molecule has 0 bridgehead atoms. The first-order valence-electron chi connectivity index (χ1n) is 7.78. The lowest BCUT2D eigenvalue weighted by Gasteiger charge is -2.34. The fourth-order valence-corrected chi connectivity index (χ4v) is 2.92. The zero-order valence-corrected chi connectivity index (χ0v) is 12.9.